The second-order valence-electron chi connectivity index (χ2n) is 8.03. The Morgan fingerprint density at radius 3 is 1.97 bits per heavy atom. The van der Waals surface area contributed by atoms with Crippen LogP contribution in [0.4, 0.5) is 5.69 Å². The van der Waals surface area contributed by atoms with Crippen molar-refractivity contribution in [2.75, 3.05) is 18.0 Å². The van der Waals surface area contributed by atoms with Gasteiger partial charge in [-0.1, -0.05) is 66.7 Å². The number of allylic oxidation sites excluding steroid dienone is 1. The topological polar surface area (TPSA) is 20.3 Å². The summed E-state index contributed by atoms with van der Waals surface area (Å²) in [6, 6.07) is 27.0. The predicted octanol–water partition coefficient (Wildman–Crippen LogP) is 6.88. The third-order valence-corrected chi connectivity index (χ3v) is 6.06. The number of rotatable bonds is 4. The van der Waals surface area contributed by atoms with Gasteiger partial charge in [0.2, 0.25) is 0 Å². The molecule has 2 heteroatoms. The molecule has 148 valence electrons. The van der Waals surface area contributed by atoms with Gasteiger partial charge in [-0.2, -0.15) is 0 Å². The molecular weight excluding hydrogens is 366 g/mol. The number of anilines is 1. The first kappa shape index (κ1) is 18.6. The average Bonchev–Trinajstić information content (AvgIpc) is 2.82. The third kappa shape index (κ3) is 3.61. The fourth-order valence-electron chi connectivity index (χ4n) is 4.48. The highest BCUT2D eigenvalue weighted by Gasteiger charge is 2.13. The molecular formula is C28H25NO. The van der Waals surface area contributed by atoms with Crippen LogP contribution < -0.4 is 4.90 Å². The van der Waals surface area contributed by atoms with Crippen LogP contribution in [0.2, 0.25) is 0 Å². The zero-order valence-electron chi connectivity index (χ0n) is 17.1. The van der Waals surface area contributed by atoms with Crippen molar-refractivity contribution >= 4 is 39.1 Å². The van der Waals surface area contributed by atoms with Crippen molar-refractivity contribution in [3.8, 4) is 0 Å². The molecule has 0 unspecified atom stereocenters. The fraction of sp³-hybridized carbons (Fsp3) is 0.179. The molecule has 0 aromatic heterocycles. The van der Waals surface area contributed by atoms with E-state index in [4.69, 9.17) is 0 Å². The van der Waals surface area contributed by atoms with Gasteiger partial charge in [0.05, 0.1) is 0 Å². The lowest BCUT2D eigenvalue weighted by Gasteiger charge is -2.28. The largest absolute Gasteiger partial charge is 0.372 e. The number of nitrogens with zero attached hydrogens (tertiary/aromatic N) is 1. The van der Waals surface area contributed by atoms with Crippen LogP contribution in [-0.4, -0.2) is 18.9 Å². The quantitative estimate of drug-likeness (QED) is 0.215. The Morgan fingerprint density at radius 1 is 0.733 bits per heavy atom. The molecule has 0 saturated carbocycles. The second-order valence-corrected chi connectivity index (χ2v) is 8.03. The van der Waals surface area contributed by atoms with Crippen molar-refractivity contribution in [1.82, 2.24) is 0 Å². The summed E-state index contributed by atoms with van der Waals surface area (Å²) in [7, 11) is 0. The Kier molecular flexibility index (Phi) is 5.06. The van der Waals surface area contributed by atoms with Gasteiger partial charge in [-0.3, -0.25) is 4.79 Å². The SMILES string of the molecule is O=C(/C=C/c1ccc(N2CCCCC2)cc1)c1c2ccccc2cc2ccccc12. The molecule has 0 aliphatic carbocycles. The number of piperidine rings is 1. The van der Waals surface area contributed by atoms with E-state index in [9.17, 15) is 4.79 Å². The van der Waals surface area contributed by atoms with Crippen LogP contribution in [0.25, 0.3) is 27.6 Å². The Morgan fingerprint density at radius 2 is 1.33 bits per heavy atom. The summed E-state index contributed by atoms with van der Waals surface area (Å²) in [5, 5.41) is 4.20. The molecule has 1 heterocycles. The summed E-state index contributed by atoms with van der Waals surface area (Å²) in [6.45, 7) is 2.28. The van der Waals surface area contributed by atoms with Crippen molar-refractivity contribution in [3.05, 3.63) is 96.1 Å². The summed E-state index contributed by atoms with van der Waals surface area (Å²) >= 11 is 0. The fourth-order valence-corrected chi connectivity index (χ4v) is 4.48. The summed E-state index contributed by atoms with van der Waals surface area (Å²) in [4.78, 5) is 15.7. The first-order chi connectivity index (χ1) is 14.8. The monoisotopic (exact) mass is 391 g/mol. The van der Waals surface area contributed by atoms with E-state index >= 15 is 0 Å². The normalized spacial score (nSPS) is 14.6. The van der Waals surface area contributed by atoms with Gasteiger partial charge >= 0.3 is 0 Å². The van der Waals surface area contributed by atoms with Gasteiger partial charge < -0.3 is 4.90 Å². The van der Waals surface area contributed by atoms with Crippen molar-refractivity contribution < 1.29 is 4.79 Å². The molecule has 4 aromatic carbocycles. The smallest absolute Gasteiger partial charge is 0.187 e. The summed E-state index contributed by atoms with van der Waals surface area (Å²) in [5.74, 6) is 0.0445. The van der Waals surface area contributed by atoms with Crippen LogP contribution >= 0.6 is 0 Å². The van der Waals surface area contributed by atoms with Crippen molar-refractivity contribution in [2.45, 2.75) is 19.3 Å². The van der Waals surface area contributed by atoms with E-state index in [1.165, 1.54) is 24.9 Å². The summed E-state index contributed by atoms with van der Waals surface area (Å²) in [6.07, 6.45) is 7.52. The van der Waals surface area contributed by atoms with Gasteiger partial charge in [0.25, 0.3) is 0 Å². The zero-order valence-corrected chi connectivity index (χ0v) is 17.1. The molecule has 0 spiro atoms. The second kappa shape index (κ2) is 8.16. The van der Waals surface area contributed by atoms with E-state index < -0.39 is 0 Å². The lowest BCUT2D eigenvalue weighted by Crippen LogP contribution is -2.29. The van der Waals surface area contributed by atoms with E-state index in [1.54, 1.807) is 6.08 Å². The lowest BCUT2D eigenvalue weighted by atomic mass is 9.94. The summed E-state index contributed by atoms with van der Waals surface area (Å²) in [5.41, 5.74) is 3.11. The zero-order chi connectivity index (χ0) is 20.3. The lowest BCUT2D eigenvalue weighted by molar-refractivity contribution is 0.105. The molecule has 5 rings (SSSR count). The average molecular weight is 392 g/mol. The van der Waals surface area contributed by atoms with Gasteiger partial charge in [0.15, 0.2) is 5.78 Å². The van der Waals surface area contributed by atoms with E-state index in [1.807, 2.05) is 42.5 Å². The van der Waals surface area contributed by atoms with Crippen LogP contribution in [0.15, 0.2) is 84.9 Å². The Hall–Kier alpha value is -3.39. The number of fused-ring (bicyclic) bond motifs is 2. The molecule has 1 saturated heterocycles. The summed E-state index contributed by atoms with van der Waals surface area (Å²) < 4.78 is 0. The minimum absolute atomic E-state index is 0.0445. The molecule has 30 heavy (non-hydrogen) atoms. The van der Waals surface area contributed by atoms with Crippen LogP contribution in [0.1, 0.15) is 35.2 Å². The number of carbonyl (C=O) groups excluding carboxylic acids is 1. The van der Waals surface area contributed by atoms with Crippen molar-refractivity contribution in [1.29, 1.82) is 0 Å². The van der Waals surface area contributed by atoms with E-state index in [2.05, 4.69) is 47.4 Å². The molecule has 4 aromatic rings. The molecule has 2 nitrogen and oxygen atoms in total. The van der Waals surface area contributed by atoms with E-state index in [0.29, 0.717) is 0 Å². The van der Waals surface area contributed by atoms with Crippen LogP contribution in [-0.2, 0) is 0 Å². The maximum atomic E-state index is 13.3. The van der Waals surface area contributed by atoms with Gasteiger partial charge in [0.1, 0.15) is 0 Å². The predicted molar refractivity (Wildman–Crippen MR) is 127 cm³/mol. The van der Waals surface area contributed by atoms with Crippen LogP contribution in [0.3, 0.4) is 0 Å². The molecule has 1 aliphatic heterocycles. The number of carbonyl (C=O) groups is 1. The molecule has 0 amide bonds. The first-order valence-corrected chi connectivity index (χ1v) is 10.8. The third-order valence-electron chi connectivity index (χ3n) is 6.06. The number of hydrogen-bond acceptors (Lipinski definition) is 2. The van der Waals surface area contributed by atoms with Crippen LogP contribution in [0.5, 0.6) is 0 Å². The minimum atomic E-state index is 0.0445. The molecule has 0 bridgehead atoms. The Bertz CT molecular complexity index is 1180. The molecule has 0 radical (unpaired) electrons. The van der Waals surface area contributed by atoms with Crippen molar-refractivity contribution in [2.24, 2.45) is 0 Å². The maximum absolute atomic E-state index is 13.3. The highest BCUT2D eigenvalue weighted by molar-refractivity contribution is 6.23. The minimum Gasteiger partial charge on any atom is -0.372 e. The Labute approximate surface area is 177 Å². The van der Waals surface area contributed by atoms with Crippen LogP contribution in [0, 0.1) is 0 Å². The van der Waals surface area contributed by atoms with Gasteiger partial charge in [0, 0.05) is 24.3 Å². The standard InChI is InChI=1S/C28H25NO/c30-27(17-14-21-12-15-24(16-13-21)29-18-6-1-7-19-29)28-25-10-4-2-8-22(25)20-23-9-3-5-11-26(23)28/h2-5,8-17,20H,1,6-7,18-19H2/b17-14+. The number of benzene rings is 4. The highest BCUT2D eigenvalue weighted by Crippen LogP contribution is 2.29. The maximum Gasteiger partial charge on any atom is 0.187 e. The van der Waals surface area contributed by atoms with Gasteiger partial charge in [-0.15, -0.1) is 0 Å². The molecule has 0 atom stereocenters. The molecule has 0 N–H and O–H groups in total. The molecule has 1 fully saturated rings. The highest BCUT2D eigenvalue weighted by atomic mass is 16.1. The van der Waals surface area contributed by atoms with Crippen molar-refractivity contribution in [3.63, 3.8) is 0 Å². The van der Waals surface area contributed by atoms with E-state index in [0.717, 1.165) is 45.8 Å². The Balaban J connectivity index is 1.46. The first-order valence-electron chi connectivity index (χ1n) is 10.8. The van der Waals surface area contributed by atoms with Gasteiger partial charge in [-0.05, 0) is 70.6 Å². The molecule has 1 aliphatic rings. The number of ketones is 1. The number of hydrogen-bond donors (Lipinski definition) is 0. The van der Waals surface area contributed by atoms with Gasteiger partial charge in [-0.25, -0.2) is 0 Å². The van der Waals surface area contributed by atoms with E-state index in [-0.39, 0.29) is 5.78 Å².